The minimum atomic E-state index is 0. The summed E-state index contributed by atoms with van der Waals surface area (Å²) in [5.74, 6) is 2.39. The number of fused-ring (bicyclic) bond motifs is 6. The van der Waals surface area contributed by atoms with Crippen molar-refractivity contribution in [3.63, 3.8) is 0 Å². The van der Waals surface area contributed by atoms with E-state index in [0.717, 1.165) is 24.0 Å². The quantitative estimate of drug-likeness (QED) is 0.251. The summed E-state index contributed by atoms with van der Waals surface area (Å²) in [6, 6.07) is 35.1. The Morgan fingerprint density at radius 2 is 1.08 bits per heavy atom. The van der Waals surface area contributed by atoms with Gasteiger partial charge in [0, 0.05) is 24.3 Å². The van der Waals surface area contributed by atoms with Crippen LogP contribution in [0.4, 0.5) is 0 Å². The van der Waals surface area contributed by atoms with Gasteiger partial charge in [0.1, 0.15) is 36.1 Å². The molecule has 4 aliphatic rings. The standard InChI is InChI=1S/C32H22N2O3.Pt/c1-3-13-25-19(7-1)17-27-29(25)33-31(36-27)21-9-5-11-23(15-21)35-24-12-6-10-22(16-24)32-34-30-26-14-4-2-8-20(26)18-28(30)37-32;/h1-14,27-30H,17-18H2;/q-2;+2/t27-,28-,29+,30+;/m1./s1. The maximum Gasteiger partial charge on any atom is 2.00 e. The van der Waals surface area contributed by atoms with Gasteiger partial charge in [-0.3, -0.25) is 9.98 Å². The van der Waals surface area contributed by atoms with Crippen molar-refractivity contribution < 1.29 is 35.3 Å². The van der Waals surface area contributed by atoms with Crippen LogP contribution in [0.3, 0.4) is 0 Å². The van der Waals surface area contributed by atoms with E-state index in [1.54, 1.807) is 0 Å². The van der Waals surface area contributed by atoms with E-state index in [1.807, 2.05) is 36.4 Å². The molecule has 0 saturated carbocycles. The fourth-order valence-electron chi connectivity index (χ4n) is 5.84. The van der Waals surface area contributed by atoms with E-state index in [9.17, 15) is 0 Å². The van der Waals surface area contributed by atoms with E-state index in [1.165, 1.54) is 22.3 Å². The molecule has 0 fully saturated rings. The molecular weight excluding hydrogens is 655 g/mol. The Kier molecular flexibility index (Phi) is 5.70. The number of aliphatic imine (C=N–C) groups is 2. The molecule has 0 amide bonds. The van der Waals surface area contributed by atoms with Gasteiger partial charge in [-0.15, -0.1) is 36.4 Å². The number of benzene rings is 4. The molecule has 0 unspecified atom stereocenters. The minimum Gasteiger partial charge on any atom is -0.514 e. The maximum atomic E-state index is 6.23. The van der Waals surface area contributed by atoms with Gasteiger partial charge < -0.3 is 14.2 Å². The second kappa shape index (κ2) is 9.25. The Hall–Kier alpha value is -3.69. The fraction of sp³-hybridized carbons (Fsp3) is 0.188. The molecule has 6 heteroatoms. The molecule has 8 rings (SSSR count). The molecule has 0 radical (unpaired) electrons. The SMILES string of the molecule is [Pt+2].[c-]1c(Oc2[c-]c(C3=N[C@H]4c5ccccc5C[C@H]4O3)ccc2)cccc1C1=N[C@H]2c3ccccc3C[C@H]2O1. The Bertz CT molecular complexity index is 1490. The van der Waals surface area contributed by atoms with Gasteiger partial charge in [-0.25, -0.2) is 0 Å². The Labute approximate surface area is 235 Å². The van der Waals surface area contributed by atoms with E-state index >= 15 is 0 Å². The van der Waals surface area contributed by atoms with Crippen molar-refractivity contribution >= 4 is 11.8 Å². The summed E-state index contributed by atoms with van der Waals surface area (Å²) < 4.78 is 18.6. The zero-order valence-electron chi connectivity index (χ0n) is 20.2. The maximum absolute atomic E-state index is 6.23. The number of nitrogens with zero attached hydrogens (tertiary/aromatic N) is 2. The normalized spacial score (nSPS) is 23.6. The number of ether oxygens (including phenoxy) is 3. The zero-order valence-corrected chi connectivity index (χ0v) is 22.5. The molecule has 0 spiro atoms. The second-order valence-electron chi connectivity index (χ2n) is 9.84. The van der Waals surface area contributed by atoms with Gasteiger partial charge in [0.05, 0.1) is 0 Å². The first-order valence-electron chi connectivity index (χ1n) is 12.7. The molecule has 0 bridgehead atoms. The second-order valence-corrected chi connectivity index (χ2v) is 9.84. The molecule has 188 valence electrons. The summed E-state index contributed by atoms with van der Waals surface area (Å²) in [5.41, 5.74) is 6.73. The molecule has 4 atom stereocenters. The van der Waals surface area contributed by atoms with Crippen molar-refractivity contribution in [1.29, 1.82) is 0 Å². The molecule has 2 aliphatic carbocycles. The third kappa shape index (κ3) is 3.88. The average molecular weight is 678 g/mol. The first kappa shape index (κ1) is 23.4. The van der Waals surface area contributed by atoms with E-state index in [2.05, 4.69) is 60.7 Å². The van der Waals surface area contributed by atoms with Gasteiger partial charge in [-0.2, -0.15) is 0 Å². The Balaban J connectivity index is 0.00000242. The van der Waals surface area contributed by atoms with Crippen molar-refractivity contribution in [2.45, 2.75) is 37.1 Å². The first-order valence-corrected chi connectivity index (χ1v) is 12.7. The van der Waals surface area contributed by atoms with Crippen LogP contribution in [-0.2, 0) is 43.4 Å². The Morgan fingerprint density at radius 1 is 0.605 bits per heavy atom. The molecule has 4 aromatic rings. The van der Waals surface area contributed by atoms with Gasteiger partial charge >= 0.3 is 21.1 Å². The van der Waals surface area contributed by atoms with Crippen LogP contribution >= 0.6 is 0 Å². The van der Waals surface area contributed by atoms with Gasteiger partial charge in [-0.1, -0.05) is 71.8 Å². The summed E-state index contributed by atoms with van der Waals surface area (Å²) >= 11 is 0. The van der Waals surface area contributed by atoms with Crippen LogP contribution in [0, 0.1) is 12.1 Å². The van der Waals surface area contributed by atoms with E-state index in [-0.39, 0.29) is 45.4 Å². The number of hydrogen-bond acceptors (Lipinski definition) is 5. The van der Waals surface area contributed by atoms with Gasteiger partial charge in [0.15, 0.2) is 0 Å². The topological polar surface area (TPSA) is 52.4 Å². The van der Waals surface area contributed by atoms with Crippen molar-refractivity contribution in [2.24, 2.45) is 9.98 Å². The molecule has 38 heavy (non-hydrogen) atoms. The van der Waals surface area contributed by atoms with Crippen molar-refractivity contribution in [3.05, 3.63) is 130 Å². The fourth-order valence-corrected chi connectivity index (χ4v) is 5.84. The van der Waals surface area contributed by atoms with Crippen LogP contribution < -0.4 is 4.74 Å². The van der Waals surface area contributed by atoms with Crippen molar-refractivity contribution in [2.75, 3.05) is 0 Å². The van der Waals surface area contributed by atoms with Crippen molar-refractivity contribution in [3.8, 4) is 11.5 Å². The molecule has 0 aromatic heterocycles. The number of hydrogen-bond donors (Lipinski definition) is 0. The molecule has 2 heterocycles. The van der Waals surface area contributed by atoms with Gasteiger partial charge in [0.2, 0.25) is 0 Å². The molecule has 2 aliphatic heterocycles. The monoisotopic (exact) mass is 677 g/mol. The third-order valence-electron chi connectivity index (χ3n) is 7.55. The van der Waals surface area contributed by atoms with Crippen LogP contribution in [0.5, 0.6) is 11.5 Å². The smallest absolute Gasteiger partial charge is 0.514 e. The van der Waals surface area contributed by atoms with Gasteiger partial charge in [-0.05, 0) is 22.3 Å². The summed E-state index contributed by atoms with van der Waals surface area (Å²) in [6.07, 6.45) is 1.86. The predicted molar refractivity (Wildman–Crippen MR) is 139 cm³/mol. The summed E-state index contributed by atoms with van der Waals surface area (Å²) in [4.78, 5) is 9.78. The molecule has 0 N–H and O–H groups in total. The summed E-state index contributed by atoms with van der Waals surface area (Å²) in [6.45, 7) is 0. The molecule has 5 nitrogen and oxygen atoms in total. The van der Waals surface area contributed by atoms with Crippen LogP contribution in [0.25, 0.3) is 0 Å². The third-order valence-corrected chi connectivity index (χ3v) is 7.55. The molecule has 0 saturated heterocycles. The van der Waals surface area contributed by atoms with Crippen LogP contribution in [0.1, 0.15) is 45.5 Å². The zero-order chi connectivity index (χ0) is 24.3. The Morgan fingerprint density at radius 3 is 1.58 bits per heavy atom. The number of rotatable bonds is 4. The minimum absolute atomic E-state index is 0. The van der Waals surface area contributed by atoms with E-state index in [0.29, 0.717) is 23.3 Å². The molecule has 4 aromatic carbocycles. The van der Waals surface area contributed by atoms with E-state index in [4.69, 9.17) is 24.2 Å². The van der Waals surface area contributed by atoms with E-state index < -0.39 is 0 Å². The first-order chi connectivity index (χ1) is 18.3. The summed E-state index contributed by atoms with van der Waals surface area (Å²) in [7, 11) is 0. The van der Waals surface area contributed by atoms with Crippen LogP contribution in [0.2, 0.25) is 0 Å². The average Bonchev–Trinajstić information content (AvgIpc) is 3.68. The largest absolute Gasteiger partial charge is 2.00 e. The van der Waals surface area contributed by atoms with Gasteiger partial charge in [0.25, 0.3) is 0 Å². The summed E-state index contributed by atoms with van der Waals surface area (Å²) in [5, 5.41) is 0. The van der Waals surface area contributed by atoms with Crippen LogP contribution in [-0.4, -0.2) is 24.0 Å². The van der Waals surface area contributed by atoms with Crippen molar-refractivity contribution in [1.82, 2.24) is 0 Å². The molecular formula is C32H22N2O3Pt. The predicted octanol–water partition coefficient (Wildman–Crippen LogP) is 5.96. The van der Waals surface area contributed by atoms with Crippen LogP contribution in [0.15, 0.2) is 94.9 Å².